The topological polar surface area (TPSA) is 104 Å². The molecule has 0 radical (unpaired) electrons. The molecular formula is C24H25N3O4S. The van der Waals surface area contributed by atoms with Crippen molar-refractivity contribution in [3.05, 3.63) is 90.0 Å². The SMILES string of the molecule is CCCCNS(=O)(=O)c1cccc(NC(=O)c2ccc(NC(=O)c3ccccc3)cc2)c1. The highest BCUT2D eigenvalue weighted by Crippen LogP contribution is 2.17. The lowest BCUT2D eigenvalue weighted by molar-refractivity contribution is 0.102. The average molecular weight is 452 g/mol. The quantitative estimate of drug-likeness (QED) is 0.423. The van der Waals surface area contributed by atoms with E-state index in [-0.39, 0.29) is 16.7 Å². The molecule has 0 aliphatic rings. The Bertz CT molecular complexity index is 1180. The van der Waals surface area contributed by atoms with Crippen LogP contribution in [0, 0.1) is 0 Å². The molecular weight excluding hydrogens is 426 g/mol. The van der Waals surface area contributed by atoms with E-state index >= 15 is 0 Å². The molecule has 0 aromatic heterocycles. The minimum absolute atomic E-state index is 0.0883. The summed E-state index contributed by atoms with van der Waals surface area (Å²) in [5.41, 5.74) is 1.84. The summed E-state index contributed by atoms with van der Waals surface area (Å²) in [7, 11) is -3.64. The van der Waals surface area contributed by atoms with E-state index in [0.29, 0.717) is 29.0 Å². The van der Waals surface area contributed by atoms with Crippen molar-refractivity contribution >= 4 is 33.2 Å². The number of unbranched alkanes of at least 4 members (excludes halogenated alkanes) is 1. The summed E-state index contributed by atoms with van der Waals surface area (Å²) in [6, 6.07) is 21.4. The molecule has 2 amide bonds. The van der Waals surface area contributed by atoms with E-state index in [1.54, 1.807) is 60.7 Å². The number of carbonyl (C=O) groups excluding carboxylic acids is 2. The van der Waals surface area contributed by atoms with E-state index in [1.165, 1.54) is 12.1 Å². The second kappa shape index (κ2) is 10.7. The lowest BCUT2D eigenvalue weighted by Crippen LogP contribution is -2.24. The van der Waals surface area contributed by atoms with Gasteiger partial charge in [0, 0.05) is 29.0 Å². The van der Waals surface area contributed by atoms with Gasteiger partial charge in [0.1, 0.15) is 0 Å². The highest BCUT2D eigenvalue weighted by Gasteiger charge is 2.15. The van der Waals surface area contributed by atoms with E-state index in [2.05, 4.69) is 15.4 Å². The molecule has 0 saturated carbocycles. The first-order chi connectivity index (χ1) is 15.4. The molecule has 3 aromatic carbocycles. The van der Waals surface area contributed by atoms with Crippen LogP contribution in [0.25, 0.3) is 0 Å². The summed E-state index contributed by atoms with van der Waals surface area (Å²) in [5.74, 6) is -0.632. The van der Waals surface area contributed by atoms with Gasteiger partial charge in [0.25, 0.3) is 11.8 Å². The van der Waals surface area contributed by atoms with Crippen molar-refractivity contribution in [1.29, 1.82) is 0 Å². The molecule has 3 rings (SSSR count). The molecule has 8 heteroatoms. The van der Waals surface area contributed by atoms with Crippen molar-refractivity contribution in [2.24, 2.45) is 0 Å². The Hall–Kier alpha value is -3.49. The van der Waals surface area contributed by atoms with E-state index in [9.17, 15) is 18.0 Å². The monoisotopic (exact) mass is 451 g/mol. The Morgan fingerprint density at radius 3 is 2.03 bits per heavy atom. The molecule has 3 N–H and O–H groups in total. The molecule has 32 heavy (non-hydrogen) atoms. The third-order valence-corrected chi connectivity index (χ3v) is 6.12. The number of benzene rings is 3. The lowest BCUT2D eigenvalue weighted by atomic mass is 10.1. The molecule has 0 saturated heterocycles. The van der Waals surface area contributed by atoms with Crippen LogP contribution in [0.3, 0.4) is 0 Å². The maximum Gasteiger partial charge on any atom is 0.255 e. The molecule has 0 bridgehead atoms. The normalized spacial score (nSPS) is 11.0. The van der Waals surface area contributed by atoms with Crippen LogP contribution in [0.2, 0.25) is 0 Å². The van der Waals surface area contributed by atoms with Gasteiger partial charge in [0.15, 0.2) is 0 Å². The second-order valence-corrected chi connectivity index (χ2v) is 8.90. The van der Waals surface area contributed by atoms with Crippen LogP contribution >= 0.6 is 0 Å². The fourth-order valence-corrected chi connectivity index (χ4v) is 4.03. The van der Waals surface area contributed by atoms with Crippen molar-refractivity contribution in [1.82, 2.24) is 4.72 Å². The Labute approximate surface area is 187 Å². The van der Waals surface area contributed by atoms with Gasteiger partial charge in [-0.3, -0.25) is 9.59 Å². The van der Waals surface area contributed by atoms with Gasteiger partial charge in [0.2, 0.25) is 10.0 Å². The largest absolute Gasteiger partial charge is 0.322 e. The van der Waals surface area contributed by atoms with Crippen molar-refractivity contribution in [3.63, 3.8) is 0 Å². The Kier molecular flexibility index (Phi) is 7.75. The number of carbonyl (C=O) groups is 2. The van der Waals surface area contributed by atoms with Gasteiger partial charge in [-0.1, -0.05) is 37.6 Å². The molecule has 3 aromatic rings. The highest BCUT2D eigenvalue weighted by molar-refractivity contribution is 7.89. The molecule has 0 aliphatic carbocycles. The first-order valence-electron chi connectivity index (χ1n) is 10.3. The van der Waals surface area contributed by atoms with Gasteiger partial charge in [-0.2, -0.15) is 0 Å². The Morgan fingerprint density at radius 1 is 0.750 bits per heavy atom. The minimum Gasteiger partial charge on any atom is -0.322 e. The summed E-state index contributed by atoms with van der Waals surface area (Å²) in [4.78, 5) is 24.9. The van der Waals surface area contributed by atoms with Crippen LogP contribution in [0.4, 0.5) is 11.4 Å². The second-order valence-electron chi connectivity index (χ2n) is 7.13. The fourth-order valence-electron chi connectivity index (χ4n) is 2.91. The number of amides is 2. The van der Waals surface area contributed by atoms with Gasteiger partial charge in [0.05, 0.1) is 4.90 Å². The predicted molar refractivity (Wildman–Crippen MR) is 125 cm³/mol. The average Bonchev–Trinajstić information content (AvgIpc) is 2.80. The van der Waals surface area contributed by atoms with Crippen LogP contribution in [-0.4, -0.2) is 26.8 Å². The fraction of sp³-hybridized carbons (Fsp3) is 0.167. The van der Waals surface area contributed by atoms with Crippen molar-refractivity contribution in [2.75, 3.05) is 17.2 Å². The predicted octanol–water partition coefficient (Wildman–Crippen LogP) is 4.27. The van der Waals surface area contributed by atoms with Gasteiger partial charge in [-0.15, -0.1) is 0 Å². The van der Waals surface area contributed by atoms with E-state index in [0.717, 1.165) is 12.8 Å². The molecule has 0 spiro atoms. The van der Waals surface area contributed by atoms with Gasteiger partial charge in [-0.25, -0.2) is 13.1 Å². The number of hydrogen-bond acceptors (Lipinski definition) is 4. The summed E-state index contributed by atoms with van der Waals surface area (Å²) in [6.07, 6.45) is 1.63. The smallest absolute Gasteiger partial charge is 0.255 e. The molecule has 166 valence electrons. The molecule has 0 heterocycles. The summed E-state index contributed by atoms with van der Waals surface area (Å²) in [5, 5.41) is 5.48. The van der Waals surface area contributed by atoms with Crippen LogP contribution in [0.5, 0.6) is 0 Å². The number of hydrogen-bond donors (Lipinski definition) is 3. The maximum atomic E-state index is 12.6. The summed E-state index contributed by atoms with van der Waals surface area (Å²) >= 11 is 0. The van der Waals surface area contributed by atoms with E-state index in [1.807, 2.05) is 13.0 Å². The molecule has 7 nitrogen and oxygen atoms in total. The Morgan fingerprint density at radius 2 is 1.38 bits per heavy atom. The van der Waals surface area contributed by atoms with Crippen molar-refractivity contribution in [2.45, 2.75) is 24.7 Å². The maximum absolute atomic E-state index is 12.6. The number of rotatable bonds is 9. The standard InChI is InChI=1S/C24H25N3O4S/c1-2-3-16-25-32(30,31)22-11-7-10-21(17-22)27-24(29)19-12-14-20(15-13-19)26-23(28)18-8-5-4-6-9-18/h4-15,17,25H,2-3,16H2,1H3,(H,26,28)(H,27,29). The van der Waals surface area contributed by atoms with E-state index < -0.39 is 10.0 Å². The third kappa shape index (κ3) is 6.26. The van der Waals surface area contributed by atoms with Crippen LogP contribution in [0.15, 0.2) is 83.8 Å². The van der Waals surface area contributed by atoms with Crippen LogP contribution in [0.1, 0.15) is 40.5 Å². The molecule has 0 atom stereocenters. The zero-order valence-corrected chi connectivity index (χ0v) is 18.5. The number of anilines is 2. The lowest BCUT2D eigenvalue weighted by Gasteiger charge is -2.10. The highest BCUT2D eigenvalue weighted by atomic mass is 32.2. The molecule has 0 aliphatic heterocycles. The van der Waals surface area contributed by atoms with Crippen molar-refractivity contribution in [3.8, 4) is 0 Å². The number of sulfonamides is 1. The molecule has 0 unspecified atom stereocenters. The first kappa shape index (κ1) is 23.2. The van der Waals surface area contributed by atoms with Crippen molar-refractivity contribution < 1.29 is 18.0 Å². The third-order valence-electron chi connectivity index (χ3n) is 4.67. The Balaban J connectivity index is 1.64. The van der Waals surface area contributed by atoms with E-state index in [4.69, 9.17) is 0 Å². The number of nitrogens with one attached hydrogen (secondary N) is 3. The minimum atomic E-state index is -3.64. The first-order valence-corrected chi connectivity index (χ1v) is 11.7. The summed E-state index contributed by atoms with van der Waals surface area (Å²) in [6.45, 7) is 2.34. The van der Waals surface area contributed by atoms with Crippen LogP contribution in [-0.2, 0) is 10.0 Å². The summed E-state index contributed by atoms with van der Waals surface area (Å²) < 4.78 is 27.3. The molecule has 0 fully saturated rings. The van der Waals surface area contributed by atoms with Gasteiger partial charge < -0.3 is 10.6 Å². The zero-order valence-electron chi connectivity index (χ0n) is 17.7. The van der Waals surface area contributed by atoms with Gasteiger partial charge >= 0.3 is 0 Å². The zero-order chi connectivity index (χ0) is 23.0. The van der Waals surface area contributed by atoms with Crippen LogP contribution < -0.4 is 15.4 Å². The van der Waals surface area contributed by atoms with Gasteiger partial charge in [-0.05, 0) is 61.0 Å².